The molecule has 2 nitrogen and oxygen atoms in total. The van der Waals surface area contributed by atoms with Crippen molar-refractivity contribution in [2.24, 2.45) is 5.92 Å². The third-order valence-electron chi connectivity index (χ3n) is 2.91. The van der Waals surface area contributed by atoms with Crippen LogP contribution in [0.15, 0.2) is 18.2 Å². The molecule has 1 aromatic carbocycles. The number of carbonyl (C=O) groups excluding carboxylic acids is 1. The Kier molecular flexibility index (Phi) is 3.00. The van der Waals surface area contributed by atoms with Crippen LogP contribution in [0.25, 0.3) is 0 Å². The van der Waals surface area contributed by atoms with E-state index >= 15 is 0 Å². The Hall–Kier alpha value is -1.30. The van der Waals surface area contributed by atoms with E-state index in [1.165, 1.54) is 0 Å². The second kappa shape index (κ2) is 4.29. The van der Waals surface area contributed by atoms with E-state index in [9.17, 15) is 9.90 Å². The Morgan fingerprint density at radius 1 is 1.62 bits per heavy atom. The lowest BCUT2D eigenvalue weighted by atomic mass is 9.96. The molecule has 1 aliphatic rings. The summed E-state index contributed by atoms with van der Waals surface area (Å²) in [6.45, 7) is 0. The average molecular weight is 235 g/mol. The van der Waals surface area contributed by atoms with E-state index in [-0.39, 0.29) is 12.2 Å². The zero-order valence-electron chi connectivity index (χ0n) is 8.61. The van der Waals surface area contributed by atoms with Crippen molar-refractivity contribution in [3.8, 4) is 12.3 Å². The van der Waals surface area contributed by atoms with Crippen molar-refractivity contribution >= 4 is 17.4 Å². The number of rotatable bonds is 2. The molecule has 1 N–H and O–H groups in total. The molecule has 0 radical (unpaired) electrons. The molecular formula is C13H11ClO2. The van der Waals surface area contributed by atoms with Crippen molar-refractivity contribution in [3.05, 3.63) is 34.3 Å². The first kappa shape index (κ1) is 11.2. The van der Waals surface area contributed by atoms with Gasteiger partial charge < -0.3 is 5.11 Å². The summed E-state index contributed by atoms with van der Waals surface area (Å²) in [5, 5.41) is 10.2. The normalized spacial score (nSPS) is 20.3. The van der Waals surface area contributed by atoms with Crippen LogP contribution in [-0.4, -0.2) is 17.0 Å². The number of fused-ring (bicyclic) bond motifs is 1. The second-order valence-corrected chi connectivity index (χ2v) is 4.33. The minimum atomic E-state index is -0.777. The molecule has 0 heterocycles. The molecule has 0 aromatic heterocycles. The van der Waals surface area contributed by atoms with Crippen LogP contribution < -0.4 is 0 Å². The second-order valence-electron chi connectivity index (χ2n) is 3.92. The van der Waals surface area contributed by atoms with Gasteiger partial charge in [-0.05, 0) is 18.1 Å². The lowest BCUT2D eigenvalue weighted by Crippen LogP contribution is -2.25. The Balaban J connectivity index is 2.32. The highest BCUT2D eigenvalue weighted by molar-refractivity contribution is 6.34. The van der Waals surface area contributed by atoms with Crippen LogP contribution in [0.1, 0.15) is 22.3 Å². The smallest absolute Gasteiger partial charge is 0.170 e. The van der Waals surface area contributed by atoms with Gasteiger partial charge in [0.15, 0.2) is 5.78 Å². The van der Waals surface area contributed by atoms with Gasteiger partial charge in [0, 0.05) is 12.0 Å². The van der Waals surface area contributed by atoms with Crippen LogP contribution in [0.4, 0.5) is 0 Å². The fraction of sp³-hybridized carbons (Fsp3) is 0.308. The molecule has 1 aromatic rings. The van der Waals surface area contributed by atoms with Crippen molar-refractivity contribution < 1.29 is 9.90 Å². The van der Waals surface area contributed by atoms with Crippen molar-refractivity contribution in [1.82, 2.24) is 0 Å². The van der Waals surface area contributed by atoms with Gasteiger partial charge in [0.25, 0.3) is 0 Å². The number of hydrogen-bond acceptors (Lipinski definition) is 2. The fourth-order valence-corrected chi connectivity index (χ4v) is 2.39. The molecule has 0 saturated heterocycles. The maximum Gasteiger partial charge on any atom is 0.170 e. The summed E-state index contributed by atoms with van der Waals surface area (Å²) in [7, 11) is 0. The Labute approximate surface area is 99.2 Å². The number of carbonyl (C=O) groups is 1. The minimum Gasteiger partial charge on any atom is -0.391 e. The molecule has 0 fully saturated rings. The third-order valence-corrected chi connectivity index (χ3v) is 3.23. The van der Waals surface area contributed by atoms with E-state index in [2.05, 4.69) is 5.92 Å². The zero-order valence-corrected chi connectivity index (χ0v) is 9.37. The summed E-state index contributed by atoms with van der Waals surface area (Å²) in [6.07, 6.45) is 5.08. The summed E-state index contributed by atoms with van der Waals surface area (Å²) in [4.78, 5) is 12.0. The van der Waals surface area contributed by atoms with Gasteiger partial charge in [0.2, 0.25) is 0 Å². The van der Waals surface area contributed by atoms with Gasteiger partial charge in [-0.2, -0.15) is 0 Å². The van der Waals surface area contributed by atoms with Gasteiger partial charge in [-0.3, -0.25) is 4.79 Å². The Morgan fingerprint density at radius 3 is 3.00 bits per heavy atom. The van der Waals surface area contributed by atoms with Gasteiger partial charge in [0.05, 0.1) is 17.0 Å². The van der Waals surface area contributed by atoms with Gasteiger partial charge in [0.1, 0.15) is 0 Å². The van der Waals surface area contributed by atoms with E-state index in [1.54, 1.807) is 6.07 Å². The van der Waals surface area contributed by atoms with E-state index in [1.807, 2.05) is 12.1 Å². The van der Waals surface area contributed by atoms with Gasteiger partial charge in [-0.1, -0.05) is 23.7 Å². The van der Waals surface area contributed by atoms with Crippen molar-refractivity contribution in [1.29, 1.82) is 0 Å². The number of Topliss-reactive ketones (excluding diaryl/α,β-unsaturated/α-hetero) is 1. The van der Waals surface area contributed by atoms with Gasteiger partial charge in [-0.25, -0.2) is 0 Å². The Morgan fingerprint density at radius 2 is 2.38 bits per heavy atom. The number of benzene rings is 1. The van der Waals surface area contributed by atoms with Crippen LogP contribution in [0.2, 0.25) is 5.02 Å². The number of ketones is 1. The SMILES string of the molecule is C#CCC(O)C1Cc2cccc(Cl)c2C1=O. The number of aliphatic hydroxyl groups is 1. The summed E-state index contributed by atoms with van der Waals surface area (Å²) >= 11 is 5.97. The predicted octanol–water partition coefficient (Wildman–Crippen LogP) is 2.08. The minimum absolute atomic E-state index is 0.0941. The average Bonchev–Trinajstić information content (AvgIpc) is 2.58. The van der Waals surface area contributed by atoms with E-state index in [0.717, 1.165) is 5.56 Å². The summed E-state index contributed by atoms with van der Waals surface area (Å²) in [6, 6.07) is 5.36. The molecule has 0 aliphatic heterocycles. The topological polar surface area (TPSA) is 37.3 Å². The monoisotopic (exact) mass is 234 g/mol. The van der Waals surface area contributed by atoms with Crippen molar-refractivity contribution in [2.75, 3.05) is 0 Å². The number of terminal acetylenes is 1. The van der Waals surface area contributed by atoms with Gasteiger partial charge in [-0.15, -0.1) is 12.3 Å². The van der Waals surface area contributed by atoms with E-state index in [4.69, 9.17) is 18.0 Å². The highest BCUT2D eigenvalue weighted by atomic mass is 35.5. The van der Waals surface area contributed by atoms with Crippen LogP contribution >= 0.6 is 11.6 Å². The first-order valence-electron chi connectivity index (χ1n) is 5.08. The maximum absolute atomic E-state index is 12.0. The summed E-state index contributed by atoms with van der Waals surface area (Å²) < 4.78 is 0. The zero-order chi connectivity index (χ0) is 11.7. The molecule has 2 rings (SSSR count). The molecule has 3 heteroatoms. The van der Waals surface area contributed by atoms with Crippen LogP contribution in [0.5, 0.6) is 0 Å². The lowest BCUT2D eigenvalue weighted by molar-refractivity contribution is 0.0725. The van der Waals surface area contributed by atoms with Crippen LogP contribution in [-0.2, 0) is 6.42 Å². The molecule has 1 aliphatic carbocycles. The summed E-state index contributed by atoms with van der Waals surface area (Å²) in [5.41, 5.74) is 1.45. The molecule has 0 spiro atoms. The van der Waals surface area contributed by atoms with Crippen molar-refractivity contribution in [3.63, 3.8) is 0 Å². The number of aliphatic hydroxyl groups excluding tert-OH is 1. The molecule has 82 valence electrons. The first-order chi connectivity index (χ1) is 7.65. The standard InChI is InChI=1S/C13H11ClO2/c1-2-4-11(15)9-7-8-5-3-6-10(14)12(8)13(9)16/h1,3,5-6,9,11,15H,4,7H2. The molecule has 0 amide bonds. The lowest BCUT2D eigenvalue weighted by Gasteiger charge is -2.13. The quantitative estimate of drug-likeness (QED) is 0.796. The van der Waals surface area contributed by atoms with E-state index < -0.39 is 12.0 Å². The highest BCUT2D eigenvalue weighted by Gasteiger charge is 2.36. The molecule has 0 saturated carbocycles. The maximum atomic E-state index is 12.0. The fourth-order valence-electron chi connectivity index (χ4n) is 2.10. The summed E-state index contributed by atoms with van der Waals surface area (Å²) in [5.74, 6) is 1.84. The van der Waals surface area contributed by atoms with Crippen LogP contribution in [0, 0.1) is 18.3 Å². The number of halogens is 1. The van der Waals surface area contributed by atoms with Crippen LogP contribution in [0.3, 0.4) is 0 Å². The first-order valence-corrected chi connectivity index (χ1v) is 5.46. The predicted molar refractivity (Wildman–Crippen MR) is 62.4 cm³/mol. The molecule has 2 atom stereocenters. The third kappa shape index (κ3) is 1.73. The molecule has 2 unspecified atom stereocenters. The molecule has 16 heavy (non-hydrogen) atoms. The van der Waals surface area contributed by atoms with Gasteiger partial charge >= 0.3 is 0 Å². The van der Waals surface area contributed by atoms with E-state index in [0.29, 0.717) is 17.0 Å². The highest BCUT2D eigenvalue weighted by Crippen LogP contribution is 2.34. The van der Waals surface area contributed by atoms with Crippen molar-refractivity contribution in [2.45, 2.75) is 18.9 Å². The molecule has 0 bridgehead atoms. The Bertz CT molecular complexity index is 473. The molecular weight excluding hydrogens is 224 g/mol. The number of hydrogen-bond donors (Lipinski definition) is 1. The largest absolute Gasteiger partial charge is 0.391 e.